The van der Waals surface area contributed by atoms with Crippen molar-refractivity contribution in [2.75, 3.05) is 27.3 Å². The van der Waals surface area contributed by atoms with Gasteiger partial charge in [0.15, 0.2) is 0 Å². The number of amides is 2. The Labute approximate surface area is 206 Å². The molecule has 1 aliphatic heterocycles. The Hall–Kier alpha value is -2.80. The van der Waals surface area contributed by atoms with E-state index in [9.17, 15) is 14.4 Å². The largest absolute Gasteiger partial charge is 0.481 e. The lowest BCUT2D eigenvalue weighted by molar-refractivity contribution is -0.147. The number of rotatable bonds is 4. The number of carboxylic acids is 1. The zero-order chi connectivity index (χ0) is 26.4. The summed E-state index contributed by atoms with van der Waals surface area (Å²) in [5.41, 5.74) is 0. The van der Waals surface area contributed by atoms with Gasteiger partial charge in [0.25, 0.3) is 0 Å². The van der Waals surface area contributed by atoms with E-state index in [0.29, 0.717) is 25.3 Å². The van der Waals surface area contributed by atoms with Gasteiger partial charge in [-0.3, -0.25) is 4.79 Å². The van der Waals surface area contributed by atoms with Gasteiger partial charge in [-0.1, -0.05) is 40.7 Å². The number of terminal acetylenes is 1. The van der Waals surface area contributed by atoms with Crippen LogP contribution < -0.4 is 10.1 Å². The molecule has 2 N–H and O–H groups in total. The van der Waals surface area contributed by atoms with Gasteiger partial charge in [-0.05, 0) is 40.8 Å². The summed E-state index contributed by atoms with van der Waals surface area (Å²) in [6.07, 6.45) is 8.42. The van der Waals surface area contributed by atoms with Gasteiger partial charge in [-0.2, -0.15) is 0 Å². The van der Waals surface area contributed by atoms with Crippen molar-refractivity contribution in [1.29, 1.82) is 0 Å². The van der Waals surface area contributed by atoms with Crippen LogP contribution in [0.15, 0.2) is 22.8 Å². The summed E-state index contributed by atoms with van der Waals surface area (Å²) in [6, 6.07) is 4.75. The second kappa shape index (κ2) is 22.4. The second-order valence-corrected chi connectivity index (χ2v) is 7.48. The first-order chi connectivity index (χ1) is 15.6. The number of aliphatic carboxylic acids is 1. The topological polar surface area (TPSA) is 118 Å². The van der Waals surface area contributed by atoms with Crippen molar-refractivity contribution in [3.8, 4) is 18.7 Å². The van der Waals surface area contributed by atoms with Gasteiger partial charge < -0.3 is 24.8 Å². The van der Waals surface area contributed by atoms with E-state index in [-0.39, 0.29) is 6.54 Å². The van der Waals surface area contributed by atoms with E-state index in [1.807, 2.05) is 26.0 Å². The second-order valence-electron chi connectivity index (χ2n) is 6.66. The molecule has 2 rings (SSSR count). The number of aromatic nitrogens is 1. The minimum absolute atomic E-state index is 0.240. The summed E-state index contributed by atoms with van der Waals surface area (Å²) >= 11 is 3.21. The Morgan fingerprint density at radius 2 is 1.79 bits per heavy atom. The molecule has 1 fully saturated rings. The number of likely N-dealkylation sites (tertiary alicyclic amines) is 1. The lowest BCUT2D eigenvalue weighted by atomic mass is 10.2. The molecule has 1 aromatic rings. The molecule has 1 aromatic heterocycles. The maximum Gasteiger partial charge on any atom is 0.407 e. The number of hydrogen-bond acceptors (Lipinski definition) is 6. The standard InChI is InChI=1S/C9H14N2O5.C6H6BrNO.C4H10.C2H6.C2H2/c1-16-9(15)10-5-7(12)11-4-2-3-6(11)8(13)14;1-9-6-4-2-3-5(7)8-6;1-4(2)3;2*1-2/h6H,2-5H2,1H3,(H,10,15)(H,13,14);2-4H,1H3;4H,1-3H3;1-2H3;1-2H/t6-;;;;/m0..../s1. The first kappa shape index (κ1) is 34.8. The van der Waals surface area contributed by atoms with E-state index < -0.39 is 24.0 Å². The van der Waals surface area contributed by atoms with Crippen molar-refractivity contribution in [3.63, 3.8) is 0 Å². The normalized spacial score (nSPS) is 13.2. The summed E-state index contributed by atoms with van der Waals surface area (Å²) in [5, 5.41) is 11.1. The van der Waals surface area contributed by atoms with E-state index >= 15 is 0 Å². The molecule has 0 aromatic carbocycles. The molecule has 1 aliphatic rings. The zero-order valence-electron chi connectivity index (χ0n) is 20.6. The van der Waals surface area contributed by atoms with Gasteiger partial charge in [-0.15, -0.1) is 12.8 Å². The molecule has 10 heteroatoms. The van der Waals surface area contributed by atoms with Crippen LogP contribution in [-0.4, -0.2) is 66.3 Å². The molecule has 0 bridgehead atoms. The minimum atomic E-state index is -1.01. The third-order valence-electron chi connectivity index (χ3n) is 3.33. The summed E-state index contributed by atoms with van der Waals surface area (Å²) in [7, 11) is 2.78. The average Bonchev–Trinajstić information content (AvgIpc) is 3.30. The monoisotopic (exact) mass is 531 g/mol. The summed E-state index contributed by atoms with van der Waals surface area (Å²) in [4.78, 5) is 38.4. The molecule has 2 amide bonds. The van der Waals surface area contributed by atoms with Crippen molar-refractivity contribution < 1.29 is 29.0 Å². The molecule has 0 radical (unpaired) electrons. The van der Waals surface area contributed by atoms with Crippen LogP contribution >= 0.6 is 15.9 Å². The van der Waals surface area contributed by atoms with Crippen LogP contribution in [0.4, 0.5) is 4.79 Å². The predicted molar refractivity (Wildman–Crippen MR) is 133 cm³/mol. The van der Waals surface area contributed by atoms with Gasteiger partial charge in [0, 0.05) is 12.6 Å². The fourth-order valence-corrected chi connectivity index (χ4v) is 2.47. The SMILES string of the molecule is C#C.CC.CC(C)C.COC(=O)NCC(=O)N1CCC[C@H]1C(=O)O.COc1cccc(Br)n1. The van der Waals surface area contributed by atoms with E-state index in [2.05, 4.69) is 64.6 Å². The average molecular weight is 532 g/mol. The van der Waals surface area contributed by atoms with Crippen molar-refractivity contribution in [2.24, 2.45) is 5.92 Å². The smallest absolute Gasteiger partial charge is 0.407 e. The van der Waals surface area contributed by atoms with Crippen LogP contribution in [-0.2, 0) is 14.3 Å². The summed E-state index contributed by atoms with van der Waals surface area (Å²) < 4.78 is 9.95. The van der Waals surface area contributed by atoms with Gasteiger partial charge in [0.05, 0.1) is 14.2 Å². The number of carbonyl (C=O) groups excluding carboxylic acids is 2. The molecule has 1 saturated heterocycles. The number of ether oxygens (including phenoxy) is 2. The van der Waals surface area contributed by atoms with Crippen LogP contribution in [0, 0.1) is 18.8 Å². The van der Waals surface area contributed by atoms with Crippen molar-refractivity contribution in [1.82, 2.24) is 15.2 Å². The lowest BCUT2D eigenvalue weighted by Gasteiger charge is -2.21. The van der Waals surface area contributed by atoms with Gasteiger partial charge in [0.2, 0.25) is 11.8 Å². The number of nitrogens with zero attached hydrogens (tertiary/aromatic N) is 2. The van der Waals surface area contributed by atoms with Gasteiger partial charge >= 0.3 is 12.1 Å². The van der Waals surface area contributed by atoms with Crippen molar-refractivity contribution in [3.05, 3.63) is 22.8 Å². The number of halogens is 1. The van der Waals surface area contributed by atoms with E-state index in [1.165, 1.54) is 12.0 Å². The molecule has 188 valence electrons. The van der Waals surface area contributed by atoms with E-state index in [0.717, 1.165) is 10.5 Å². The van der Waals surface area contributed by atoms with Crippen LogP contribution in [0.2, 0.25) is 0 Å². The van der Waals surface area contributed by atoms with Crippen molar-refractivity contribution in [2.45, 2.75) is 53.5 Å². The third kappa shape index (κ3) is 18.5. The zero-order valence-corrected chi connectivity index (χ0v) is 22.2. The van der Waals surface area contributed by atoms with Crippen LogP contribution in [0.5, 0.6) is 5.88 Å². The Bertz CT molecular complexity index is 695. The molecule has 0 aliphatic carbocycles. The van der Waals surface area contributed by atoms with Crippen LogP contribution in [0.1, 0.15) is 47.5 Å². The molecule has 1 atom stereocenters. The Balaban J connectivity index is -0.000000445. The Morgan fingerprint density at radius 1 is 1.24 bits per heavy atom. The highest BCUT2D eigenvalue weighted by Crippen LogP contribution is 2.17. The van der Waals surface area contributed by atoms with Crippen molar-refractivity contribution >= 4 is 33.9 Å². The first-order valence-corrected chi connectivity index (χ1v) is 11.3. The number of hydrogen-bond donors (Lipinski definition) is 2. The minimum Gasteiger partial charge on any atom is -0.481 e. The maximum absolute atomic E-state index is 11.6. The van der Waals surface area contributed by atoms with Crippen LogP contribution in [0.25, 0.3) is 0 Å². The fourth-order valence-electron chi connectivity index (χ4n) is 2.15. The highest BCUT2D eigenvalue weighted by molar-refractivity contribution is 9.10. The number of nitrogens with one attached hydrogen (secondary N) is 1. The number of methoxy groups -OCH3 is 2. The predicted octanol–water partition coefficient (Wildman–Crippen LogP) is 4.21. The Kier molecular flexibility index (Phi) is 23.6. The van der Waals surface area contributed by atoms with E-state index in [1.54, 1.807) is 13.2 Å². The molecule has 2 heterocycles. The quantitative estimate of drug-likeness (QED) is 0.441. The molecular formula is C23H38BrN3O6. The molecule has 0 spiro atoms. The molecular weight excluding hydrogens is 494 g/mol. The van der Waals surface area contributed by atoms with Crippen LogP contribution in [0.3, 0.4) is 0 Å². The number of alkyl carbamates (subject to hydrolysis) is 1. The number of pyridine rings is 1. The summed E-state index contributed by atoms with van der Waals surface area (Å²) in [6.45, 7) is 10.7. The highest BCUT2D eigenvalue weighted by atomic mass is 79.9. The van der Waals surface area contributed by atoms with Gasteiger partial charge in [-0.25, -0.2) is 14.6 Å². The molecule has 0 unspecified atom stereocenters. The fraction of sp³-hybridized carbons (Fsp3) is 0.565. The molecule has 9 nitrogen and oxygen atoms in total. The lowest BCUT2D eigenvalue weighted by Crippen LogP contribution is -2.45. The summed E-state index contributed by atoms with van der Waals surface area (Å²) in [5.74, 6) is 0.0450. The van der Waals surface area contributed by atoms with Gasteiger partial charge in [0.1, 0.15) is 17.2 Å². The maximum atomic E-state index is 11.6. The van der Waals surface area contributed by atoms with E-state index in [4.69, 9.17) is 9.84 Å². The Morgan fingerprint density at radius 3 is 2.18 bits per heavy atom. The number of carbonyl (C=O) groups is 3. The number of carboxylic acid groups (broad SMARTS) is 1. The molecule has 0 saturated carbocycles. The highest BCUT2D eigenvalue weighted by Gasteiger charge is 2.33. The third-order valence-corrected chi connectivity index (χ3v) is 3.77. The first-order valence-electron chi connectivity index (χ1n) is 10.5. The molecule has 33 heavy (non-hydrogen) atoms.